The molecule has 136 valence electrons. The Balaban J connectivity index is 1.84. The zero-order chi connectivity index (χ0) is 18.0. The Morgan fingerprint density at radius 3 is 2.52 bits per heavy atom. The average Bonchev–Trinajstić information content (AvgIpc) is 3.00. The number of ketones is 1. The van der Waals surface area contributed by atoms with E-state index in [2.05, 4.69) is 0 Å². The van der Waals surface area contributed by atoms with Crippen molar-refractivity contribution in [2.24, 2.45) is 0 Å². The standard InChI is InChI=1S/C18H23NO5S/c1-13-8-9-14(18(21)24-16-7-5-6-15(16)20)12-17(13)25(22,23)19-10-3-2-4-11-19/h8-9,12,16H,2-7,10-11H2,1H3/t16-/m1/s1. The average molecular weight is 365 g/mol. The maximum Gasteiger partial charge on any atom is 0.338 e. The monoisotopic (exact) mass is 365 g/mol. The van der Waals surface area contributed by atoms with Gasteiger partial charge >= 0.3 is 5.97 Å². The molecular formula is C18H23NO5S. The van der Waals surface area contributed by atoms with Gasteiger partial charge in [0.2, 0.25) is 10.0 Å². The molecule has 0 aromatic heterocycles. The fourth-order valence-electron chi connectivity index (χ4n) is 3.35. The molecule has 0 spiro atoms. The Bertz CT molecular complexity index is 781. The Hall–Kier alpha value is -1.73. The van der Waals surface area contributed by atoms with E-state index in [1.54, 1.807) is 19.1 Å². The summed E-state index contributed by atoms with van der Waals surface area (Å²) in [5.41, 5.74) is 0.764. The second kappa shape index (κ2) is 7.25. The highest BCUT2D eigenvalue weighted by Gasteiger charge is 2.30. The molecule has 0 N–H and O–H groups in total. The van der Waals surface area contributed by atoms with Crippen LogP contribution < -0.4 is 0 Å². The van der Waals surface area contributed by atoms with Gasteiger partial charge in [0.1, 0.15) is 0 Å². The van der Waals surface area contributed by atoms with Crippen molar-refractivity contribution in [2.45, 2.75) is 56.4 Å². The van der Waals surface area contributed by atoms with Crippen LogP contribution in [-0.4, -0.2) is 43.7 Å². The molecule has 2 aliphatic rings. The van der Waals surface area contributed by atoms with E-state index >= 15 is 0 Å². The molecule has 3 rings (SSSR count). The minimum absolute atomic E-state index is 0.0679. The van der Waals surface area contributed by atoms with Crippen LogP contribution in [0.4, 0.5) is 0 Å². The van der Waals surface area contributed by atoms with Crippen molar-refractivity contribution in [3.8, 4) is 0 Å². The zero-order valence-electron chi connectivity index (χ0n) is 14.4. The number of sulfonamides is 1. The summed E-state index contributed by atoms with van der Waals surface area (Å²) in [7, 11) is -3.63. The topological polar surface area (TPSA) is 80.8 Å². The molecule has 7 heteroatoms. The second-order valence-electron chi connectivity index (χ2n) is 6.70. The molecule has 1 aromatic rings. The van der Waals surface area contributed by atoms with E-state index in [9.17, 15) is 18.0 Å². The molecule has 1 saturated carbocycles. The summed E-state index contributed by atoms with van der Waals surface area (Å²) in [6.45, 7) is 2.73. The SMILES string of the molecule is Cc1ccc(C(=O)O[C@@H]2CCCC2=O)cc1S(=O)(=O)N1CCCCC1. The molecule has 0 bridgehead atoms. The molecule has 1 atom stereocenters. The maximum absolute atomic E-state index is 12.9. The smallest absolute Gasteiger partial charge is 0.338 e. The summed E-state index contributed by atoms with van der Waals surface area (Å²) in [5, 5.41) is 0. The largest absolute Gasteiger partial charge is 0.451 e. The van der Waals surface area contributed by atoms with Crippen LogP contribution >= 0.6 is 0 Å². The highest BCUT2D eigenvalue weighted by atomic mass is 32.2. The van der Waals surface area contributed by atoms with Crippen molar-refractivity contribution in [3.05, 3.63) is 29.3 Å². The Labute approximate surface area is 148 Å². The van der Waals surface area contributed by atoms with Crippen molar-refractivity contribution in [2.75, 3.05) is 13.1 Å². The Kier molecular flexibility index (Phi) is 5.24. The molecular weight excluding hydrogens is 342 g/mol. The number of hydrogen-bond acceptors (Lipinski definition) is 5. The van der Waals surface area contributed by atoms with Gasteiger partial charge in [-0.05, 0) is 50.3 Å². The maximum atomic E-state index is 12.9. The van der Waals surface area contributed by atoms with Gasteiger partial charge in [0.15, 0.2) is 11.9 Å². The van der Waals surface area contributed by atoms with Crippen LogP contribution in [0.1, 0.15) is 54.4 Å². The van der Waals surface area contributed by atoms with Crippen LogP contribution in [0.5, 0.6) is 0 Å². The first kappa shape index (κ1) is 18.1. The van der Waals surface area contributed by atoms with Gasteiger partial charge < -0.3 is 4.74 Å². The van der Waals surface area contributed by atoms with Crippen molar-refractivity contribution >= 4 is 21.8 Å². The first-order valence-corrected chi connectivity index (χ1v) is 10.2. The summed E-state index contributed by atoms with van der Waals surface area (Å²) in [6.07, 6.45) is 3.73. The van der Waals surface area contributed by atoms with Crippen molar-refractivity contribution in [3.63, 3.8) is 0 Å². The van der Waals surface area contributed by atoms with Gasteiger partial charge in [0, 0.05) is 19.5 Å². The number of carbonyl (C=O) groups is 2. The summed E-state index contributed by atoms with van der Waals surface area (Å²) in [6, 6.07) is 4.54. The molecule has 1 aliphatic carbocycles. The molecule has 1 aliphatic heterocycles. The molecule has 2 fully saturated rings. The zero-order valence-corrected chi connectivity index (χ0v) is 15.2. The van der Waals surface area contributed by atoms with E-state index in [4.69, 9.17) is 4.74 Å². The third kappa shape index (κ3) is 3.77. The van der Waals surface area contributed by atoms with Crippen molar-refractivity contribution in [1.29, 1.82) is 0 Å². The molecule has 1 heterocycles. The highest BCUT2D eigenvalue weighted by molar-refractivity contribution is 7.89. The van der Waals surface area contributed by atoms with Gasteiger partial charge in [0.25, 0.3) is 0 Å². The third-order valence-electron chi connectivity index (χ3n) is 4.85. The van der Waals surface area contributed by atoms with Gasteiger partial charge in [0.05, 0.1) is 10.5 Å². The molecule has 1 aromatic carbocycles. The Morgan fingerprint density at radius 1 is 1.16 bits per heavy atom. The summed E-state index contributed by atoms with van der Waals surface area (Å²) < 4.78 is 32.5. The molecule has 1 saturated heterocycles. The van der Waals surface area contributed by atoms with Gasteiger partial charge in [-0.3, -0.25) is 4.79 Å². The molecule has 6 nitrogen and oxygen atoms in total. The number of hydrogen-bond donors (Lipinski definition) is 0. The Morgan fingerprint density at radius 2 is 1.88 bits per heavy atom. The summed E-state index contributed by atoms with van der Waals surface area (Å²) in [5.74, 6) is -0.711. The lowest BCUT2D eigenvalue weighted by atomic mass is 10.1. The van der Waals surface area contributed by atoms with Gasteiger partial charge in [-0.2, -0.15) is 4.31 Å². The quantitative estimate of drug-likeness (QED) is 0.766. The van der Waals surface area contributed by atoms with Gasteiger partial charge in [-0.1, -0.05) is 12.5 Å². The summed E-state index contributed by atoms with van der Waals surface area (Å²) >= 11 is 0. The van der Waals surface area contributed by atoms with E-state index in [0.717, 1.165) is 25.7 Å². The fraction of sp³-hybridized carbons (Fsp3) is 0.556. The van der Waals surface area contributed by atoms with Crippen molar-refractivity contribution < 1.29 is 22.7 Å². The minimum Gasteiger partial charge on any atom is -0.451 e. The van der Waals surface area contributed by atoms with Crippen LogP contribution in [-0.2, 0) is 19.6 Å². The number of aryl methyl sites for hydroxylation is 1. The van der Waals surface area contributed by atoms with Crippen LogP contribution in [0.25, 0.3) is 0 Å². The van der Waals surface area contributed by atoms with E-state index in [1.807, 2.05) is 0 Å². The lowest BCUT2D eigenvalue weighted by molar-refractivity contribution is -0.124. The lowest BCUT2D eigenvalue weighted by Gasteiger charge is -2.26. The highest BCUT2D eigenvalue weighted by Crippen LogP contribution is 2.25. The lowest BCUT2D eigenvalue weighted by Crippen LogP contribution is -2.36. The molecule has 0 unspecified atom stereocenters. The fourth-order valence-corrected chi connectivity index (χ4v) is 5.12. The summed E-state index contributed by atoms with van der Waals surface area (Å²) in [4.78, 5) is 24.1. The first-order valence-electron chi connectivity index (χ1n) is 8.74. The van der Waals surface area contributed by atoms with Gasteiger partial charge in [-0.25, -0.2) is 13.2 Å². The number of ether oxygens (including phenoxy) is 1. The number of piperidine rings is 1. The number of nitrogens with zero attached hydrogens (tertiary/aromatic N) is 1. The number of esters is 1. The predicted octanol–water partition coefficient (Wildman–Crippen LogP) is 2.45. The van der Waals surface area contributed by atoms with Crippen molar-refractivity contribution in [1.82, 2.24) is 4.31 Å². The number of Topliss-reactive ketones (excluding diaryl/α,β-unsaturated/α-hetero) is 1. The third-order valence-corrected chi connectivity index (χ3v) is 6.90. The minimum atomic E-state index is -3.63. The normalized spacial score (nSPS) is 22.1. The molecule has 0 radical (unpaired) electrons. The van der Waals surface area contributed by atoms with Crippen LogP contribution in [0.2, 0.25) is 0 Å². The number of carbonyl (C=O) groups excluding carboxylic acids is 2. The van der Waals surface area contributed by atoms with Gasteiger partial charge in [-0.15, -0.1) is 0 Å². The predicted molar refractivity (Wildman–Crippen MR) is 91.9 cm³/mol. The van der Waals surface area contributed by atoms with Crippen LogP contribution in [0, 0.1) is 6.92 Å². The molecule has 25 heavy (non-hydrogen) atoms. The van der Waals surface area contributed by atoms with E-state index in [1.165, 1.54) is 10.4 Å². The number of benzene rings is 1. The van der Waals surface area contributed by atoms with Crippen LogP contribution in [0.3, 0.4) is 0 Å². The van der Waals surface area contributed by atoms with E-state index in [0.29, 0.717) is 31.5 Å². The first-order chi connectivity index (χ1) is 11.9. The van der Waals surface area contributed by atoms with Crippen LogP contribution in [0.15, 0.2) is 23.1 Å². The number of rotatable bonds is 4. The second-order valence-corrected chi connectivity index (χ2v) is 8.60. The van der Waals surface area contributed by atoms with E-state index < -0.39 is 22.1 Å². The van der Waals surface area contributed by atoms with E-state index in [-0.39, 0.29) is 16.2 Å². The molecule has 0 amide bonds.